The van der Waals surface area contributed by atoms with Crippen molar-refractivity contribution in [2.24, 2.45) is 0 Å². The van der Waals surface area contributed by atoms with Crippen LogP contribution in [-0.2, 0) is 4.79 Å². The van der Waals surface area contributed by atoms with Gasteiger partial charge in [-0.05, 0) is 23.9 Å². The SMILES string of the molecule is [2H]C([2H])([2H])[C@H](C(=O)O)c1ccc(C(=O)c2cccs2)cc1. The van der Waals surface area contributed by atoms with Gasteiger partial charge in [-0.2, -0.15) is 0 Å². The number of carboxylic acids is 1. The van der Waals surface area contributed by atoms with Crippen molar-refractivity contribution < 1.29 is 18.8 Å². The molecule has 1 aromatic heterocycles. The molecule has 0 amide bonds. The average molecular weight is 263 g/mol. The van der Waals surface area contributed by atoms with Gasteiger partial charge in [-0.15, -0.1) is 11.3 Å². The van der Waals surface area contributed by atoms with E-state index in [1.165, 1.54) is 35.6 Å². The molecule has 0 bridgehead atoms. The lowest BCUT2D eigenvalue weighted by atomic mass is 9.99. The third-order valence-electron chi connectivity index (χ3n) is 2.50. The third kappa shape index (κ3) is 2.49. The minimum absolute atomic E-state index is 0.158. The molecule has 92 valence electrons. The molecular formula is C14H12O3S. The van der Waals surface area contributed by atoms with Crippen molar-refractivity contribution in [3.8, 4) is 0 Å². The van der Waals surface area contributed by atoms with Gasteiger partial charge in [-0.3, -0.25) is 9.59 Å². The van der Waals surface area contributed by atoms with Gasteiger partial charge in [0.25, 0.3) is 0 Å². The van der Waals surface area contributed by atoms with E-state index in [0.29, 0.717) is 10.4 Å². The second-order valence-corrected chi connectivity index (χ2v) is 4.65. The summed E-state index contributed by atoms with van der Waals surface area (Å²) in [5.41, 5.74) is 0.557. The van der Waals surface area contributed by atoms with Crippen LogP contribution < -0.4 is 0 Å². The summed E-state index contributed by atoms with van der Waals surface area (Å²) in [6.45, 7) is -2.63. The highest BCUT2D eigenvalue weighted by atomic mass is 32.1. The number of carbonyl (C=O) groups is 2. The Labute approximate surface area is 113 Å². The first kappa shape index (κ1) is 9.05. The summed E-state index contributed by atoms with van der Waals surface area (Å²) < 4.78 is 21.9. The van der Waals surface area contributed by atoms with Crippen LogP contribution in [0, 0.1) is 0 Å². The van der Waals surface area contributed by atoms with E-state index in [2.05, 4.69) is 0 Å². The van der Waals surface area contributed by atoms with E-state index in [4.69, 9.17) is 9.22 Å². The molecule has 0 saturated carbocycles. The first-order valence-corrected chi connectivity index (χ1v) is 6.09. The number of benzene rings is 1. The van der Waals surface area contributed by atoms with Crippen LogP contribution >= 0.6 is 11.3 Å². The number of hydrogen-bond donors (Lipinski definition) is 1. The molecule has 0 unspecified atom stereocenters. The van der Waals surface area contributed by atoms with Crippen molar-refractivity contribution in [1.82, 2.24) is 0 Å². The predicted octanol–water partition coefficient (Wildman–Crippen LogP) is 3.17. The second-order valence-electron chi connectivity index (χ2n) is 3.70. The summed E-state index contributed by atoms with van der Waals surface area (Å²) in [4.78, 5) is 23.8. The van der Waals surface area contributed by atoms with Crippen LogP contribution in [0.4, 0.5) is 0 Å². The standard InChI is InChI=1S/C14H12O3S/c1-9(14(16)17)10-4-6-11(7-5-10)13(15)12-3-2-8-18-12/h2-9H,1H3,(H,16,17)/t9-/m0/s1/i1D3. The molecule has 0 radical (unpaired) electrons. The number of aliphatic carboxylic acids is 1. The fraction of sp³-hybridized carbons (Fsp3) is 0.143. The van der Waals surface area contributed by atoms with E-state index in [-0.39, 0.29) is 11.3 Å². The van der Waals surface area contributed by atoms with E-state index in [9.17, 15) is 9.59 Å². The summed E-state index contributed by atoms with van der Waals surface area (Å²) >= 11 is 1.31. The maximum absolute atomic E-state index is 12.1. The molecule has 0 aliphatic rings. The van der Waals surface area contributed by atoms with Crippen LogP contribution in [0.15, 0.2) is 41.8 Å². The summed E-state index contributed by atoms with van der Waals surface area (Å²) in [6, 6.07) is 9.14. The highest BCUT2D eigenvalue weighted by Gasteiger charge is 2.15. The number of ketones is 1. The van der Waals surface area contributed by atoms with Crippen molar-refractivity contribution in [1.29, 1.82) is 0 Å². The van der Waals surface area contributed by atoms with Crippen LogP contribution in [0.5, 0.6) is 0 Å². The number of carboxylic acid groups (broad SMARTS) is 1. The number of carbonyl (C=O) groups excluding carboxylic acids is 1. The molecular weight excluding hydrogens is 248 g/mol. The molecule has 1 aromatic carbocycles. The van der Waals surface area contributed by atoms with E-state index in [1.807, 2.05) is 0 Å². The minimum atomic E-state index is -2.63. The van der Waals surface area contributed by atoms with Crippen LogP contribution in [0.3, 0.4) is 0 Å². The normalized spacial score (nSPS) is 15.2. The first-order chi connectivity index (χ1) is 9.80. The topological polar surface area (TPSA) is 54.4 Å². The quantitative estimate of drug-likeness (QED) is 0.862. The zero-order valence-electron chi connectivity index (χ0n) is 12.3. The summed E-state index contributed by atoms with van der Waals surface area (Å²) in [6.07, 6.45) is 0. The van der Waals surface area contributed by atoms with E-state index in [1.54, 1.807) is 17.5 Å². The van der Waals surface area contributed by atoms with Gasteiger partial charge in [0, 0.05) is 9.68 Å². The molecule has 1 heterocycles. The highest BCUT2D eigenvalue weighted by molar-refractivity contribution is 7.12. The minimum Gasteiger partial charge on any atom is -0.481 e. The Hall–Kier alpha value is -1.94. The van der Waals surface area contributed by atoms with Gasteiger partial charge in [0.05, 0.1) is 10.8 Å². The van der Waals surface area contributed by atoms with Gasteiger partial charge in [0.1, 0.15) is 0 Å². The Kier molecular flexibility index (Phi) is 2.59. The number of rotatable bonds is 4. The van der Waals surface area contributed by atoms with E-state index in [0.717, 1.165) is 0 Å². The summed E-state index contributed by atoms with van der Waals surface area (Å²) in [5.74, 6) is -3.17. The Balaban J connectivity index is 2.30. The molecule has 4 heteroatoms. The lowest BCUT2D eigenvalue weighted by Crippen LogP contribution is -2.07. The smallest absolute Gasteiger partial charge is 0.310 e. The maximum Gasteiger partial charge on any atom is 0.310 e. The molecule has 0 fully saturated rings. The number of thiophene rings is 1. The fourth-order valence-electron chi connectivity index (χ4n) is 1.52. The summed E-state index contributed by atoms with van der Waals surface area (Å²) in [5, 5.41) is 10.9. The fourth-order valence-corrected chi connectivity index (χ4v) is 2.21. The molecule has 18 heavy (non-hydrogen) atoms. The average Bonchev–Trinajstić information content (AvgIpc) is 2.90. The molecule has 1 atom stereocenters. The Morgan fingerprint density at radius 2 is 2.00 bits per heavy atom. The molecule has 3 nitrogen and oxygen atoms in total. The van der Waals surface area contributed by atoms with Gasteiger partial charge in [0.2, 0.25) is 5.78 Å². The molecule has 1 N–H and O–H groups in total. The van der Waals surface area contributed by atoms with E-state index < -0.39 is 18.7 Å². The van der Waals surface area contributed by atoms with Gasteiger partial charge < -0.3 is 5.11 Å². The van der Waals surface area contributed by atoms with Crippen LogP contribution in [0.25, 0.3) is 0 Å². The second kappa shape index (κ2) is 5.14. The largest absolute Gasteiger partial charge is 0.481 e. The van der Waals surface area contributed by atoms with Crippen molar-refractivity contribution in [3.05, 3.63) is 57.8 Å². The van der Waals surface area contributed by atoms with Crippen molar-refractivity contribution in [2.75, 3.05) is 0 Å². The third-order valence-corrected chi connectivity index (χ3v) is 3.37. The van der Waals surface area contributed by atoms with Gasteiger partial charge in [-0.1, -0.05) is 30.3 Å². The molecule has 2 rings (SSSR count). The molecule has 0 saturated heterocycles. The lowest BCUT2D eigenvalue weighted by molar-refractivity contribution is -0.138. The van der Waals surface area contributed by atoms with Crippen LogP contribution in [0.1, 0.15) is 37.7 Å². The monoisotopic (exact) mass is 263 g/mol. The predicted molar refractivity (Wildman–Crippen MR) is 70.2 cm³/mol. The Morgan fingerprint density at radius 1 is 1.28 bits per heavy atom. The van der Waals surface area contributed by atoms with Gasteiger partial charge in [0.15, 0.2) is 0 Å². The van der Waals surface area contributed by atoms with E-state index >= 15 is 0 Å². The molecule has 0 aliphatic carbocycles. The van der Waals surface area contributed by atoms with Crippen molar-refractivity contribution in [2.45, 2.75) is 12.8 Å². The van der Waals surface area contributed by atoms with Crippen molar-refractivity contribution in [3.63, 3.8) is 0 Å². The van der Waals surface area contributed by atoms with Gasteiger partial charge >= 0.3 is 5.97 Å². The summed E-state index contributed by atoms with van der Waals surface area (Å²) in [7, 11) is 0. The molecule has 0 spiro atoms. The molecule has 0 aliphatic heterocycles. The zero-order chi connectivity index (χ0) is 15.6. The Morgan fingerprint density at radius 3 is 2.50 bits per heavy atom. The van der Waals surface area contributed by atoms with Crippen molar-refractivity contribution >= 4 is 23.1 Å². The number of hydrogen-bond acceptors (Lipinski definition) is 3. The first-order valence-electron chi connectivity index (χ1n) is 6.71. The van der Waals surface area contributed by atoms with Crippen LogP contribution in [-0.4, -0.2) is 16.9 Å². The van der Waals surface area contributed by atoms with Crippen LogP contribution in [0.2, 0.25) is 0 Å². The lowest BCUT2D eigenvalue weighted by Gasteiger charge is -2.06. The van der Waals surface area contributed by atoms with Gasteiger partial charge in [-0.25, -0.2) is 0 Å². The maximum atomic E-state index is 12.1. The molecule has 2 aromatic rings. The Bertz CT molecular complexity index is 645. The zero-order valence-corrected chi connectivity index (χ0v) is 10.1. The highest BCUT2D eigenvalue weighted by Crippen LogP contribution is 2.19.